The van der Waals surface area contributed by atoms with E-state index in [1.807, 2.05) is 12.1 Å². The Morgan fingerprint density at radius 3 is 2.53 bits per heavy atom. The molecule has 1 unspecified atom stereocenters. The van der Waals surface area contributed by atoms with Gasteiger partial charge in [-0.1, -0.05) is 30.7 Å². The number of hydrogen-bond acceptors (Lipinski definition) is 2. The van der Waals surface area contributed by atoms with Crippen molar-refractivity contribution in [3.63, 3.8) is 0 Å². The standard InChI is InChI=1S/C14H23ClN2/c1-12(7-9-16)11-17(2)10-8-13-3-5-14(15)6-4-13/h3-6,12H,7-11,16H2,1-2H3. The Labute approximate surface area is 110 Å². The van der Waals surface area contributed by atoms with Gasteiger partial charge in [-0.05, 0) is 50.0 Å². The van der Waals surface area contributed by atoms with E-state index in [1.54, 1.807) is 0 Å². The summed E-state index contributed by atoms with van der Waals surface area (Å²) in [6.45, 7) is 5.24. The van der Waals surface area contributed by atoms with Crippen LogP contribution in [0.2, 0.25) is 5.02 Å². The fourth-order valence-corrected chi connectivity index (χ4v) is 2.10. The first-order valence-electron chi connectivity index (χ1n) is 6.25. The van der Waals surface area contributed by atoms with E-state index in [0.29, 0.717) is 5.92 Å². The Hall–Kier alpha value is -0.570. The van der Waals surface area contributed by atoms with Crippen LogP contribution in [0.15, 0.2) is 24.3 Å². The summed E-state index contributed by atoms with van der Waals surface area (Å²) in [5.74, 6) is 0.676. The van der Waals surface area contributed by atoms with Gasteiger partial charge in [-0.15, -0.1) is 0 Å². The number of benzene rings is 1. The lowest BCUT2D eigenvalue weighted by atomic mass is 10.1. The highest BCUT2D eigenvalue weighted by molar-refractivity contribution is 6.30. The average Bonchev–Trinajstić information content (AvgIpc) is 2.28. The van der Waals surface area contributed by atoms with Crippen LogP contribution in [0.3, 0.4) is 0 Å². The van der Waals surface area contributed by atoms with E-state index in [9.17, 15) is 0 Å². The zero-order valence-corrected chi connectivity index (χ0v) is 11.6. The van der Waals surface area contributed by atoms with E-state index in [-0.39, 0.29) is 0 Å². The predicted molar refractivity (Wildman–Crippen MR) is 75.5 cm³/mol. The summed E-state index contributed by atoms with van der Waals surface area (Å²) in [6, 6.07) is 8.10. The van der Waals surface area contributed by atoms with Crippen LogP contribution in [-0.2, 0) is 6.42 Å². The lowest BCUT2D eigenvalue weighted by Crippen LogP contribution is -2.27. The van der Waals surface area contributed by atoms with Gasteiger partial charge in [-0.2, -0.15) is 0 Å². The van der Waals surface area contributed by atoms with E-state index < -0.39 is 0 Å². The fourth-order valence-electron chi connectivity index (χ4n) is 1.97. The normalized spacial score (nSPS) is 13.0. The molecule has 0 aliphatic rings. The van der Waals surface area contributed by atoms with Crippen molar-refractivity contribution >= 4 is 11.6 Å². The molecule has 2 nitrogen and oxygen atoms in total. The van der Waals surface area contributed by atoms with Crippen LogP contribution in [0, 0.1) is 5.92 Å². The van der Waals surface area contributed by atoms with Crippen LogP contribution >= 0.6 is 11.6 Å². The van der Waals surface area contributed by atoms with Crippen molar-refractivity contribution < 1.29 is 0 Å². The van der Waals surface area contributed by atoms with Crippen LogP contribution in [0.1, 0.15) is 18.9 Å². The topological polar surface area (TPSA) is 29.3 Å². The Morgan fingerprint density at radius 2 is 1.94 bits per heavy atom. The molecular weight excluding hydrogens is 232 g/mol. The van der Waals surface area contributed by atoms with Crippen molar-refractivity contribution in [2.24, 2.45) is 11.7 Å². The minimum atomic E-state index is 0.676. The summed E-state index contributed by atoms with van der Waals surface area (Å²) < 4.78 is 0. The van der Waals surface area contributed by atoms with Crippen LogP contribution in [0.25, 0.3) is 0 Å². The third-order valence-electron chi connectivity index (χ3n) is 2.98. The number of halogens is 1. The van der Waals surface area contributed by atoms with Crippen molar-refractivity contribution in [3.05, 3.63) is 34.9 Å². The maximum atomic E-state index is 5.86. The molecule has 2 N–H and O–H groups in total. The first-order chi connectivity index (χ1) is 8.11. The van der Waals surface area contributed by atoms with Crippen molar-refractivity contribution in [2.75, 3.05) is 26.7 Å². The second-order valence-electron chi connectivity index (χ2n) is 4.82. The van der Waals surface area contributed by atoms with E-state index in [1.165, 1.54) is 5.56 Å². The number of nitrogens with two attached hydrogens (primary N) is 1. The lowest BCUT2D eigenvalue weighted by molar-refractivity contribution is 0.283. The maximum absolute atomic E-state index is 5.86. The largest absolute Gasteiger partial charge is 0.330 e. The van der Waals surface area contributed by atoms with Crippen molar-refractivity contribution in [2.45, 2.75) is 19.8 Å². The molecule has 1 atom stereocenters. The van der Waals surface area contributed by atoms with Crippen molar-refractivity contribution in [1.29, 1.82) is 0 Å². The Kier molecular flexibility index (Phi) is 6.56. The van der Waals surface area contributed by atoms with Gasteiger partial charge in [0.25, 0.3) is 0 Å². The SMILES string of the molecule is CC(CCN)CN(C)CCc1ccc(Cl)cc1. The van der Waals surface area contributed by atoms with E-state index in [4.69, 9.17) is 17.3 Å². The zero-order chi connectivity index (χ0) is 12.7. The first kappa shape index (κ1) is 14.5. The van der Waals surface area contributed by atoms with E-state index in [0.717, 1.165) is 37.5 Å². The molecule has 1 rings (SSSR count). The van der Waals surface area contributed by atoms with Crippen molar-refractivity contribution in [3.8, 4) is 0 Å². The second-order valence-corrected chi connectivity index (χ2v) is 5.26. The third-order valence-corrected chi connectivity index (χ3v) is 3.23. The van der Waals surface area contributed by atoms with Crippen LogP contribution in [-0.4, -0.2) is 31.6 Å². The summed E-state index contributed by atoms with van der Waals surface area (Å²) >= 11 is 5.86. The second kappa shape index (κ2) is 7.70. The highest BCUT2D eigenvalue weighted by atomic mass is 35.5. The minimum Gasteiger partial charge on any atom is -0.330 e. The Bertz CT molecular complexity index is 311. The monoisotopic (exact) mass is 254 g/mol. The van der Waals surface area contributed by atoms with E-state index >= 15 is 0 Å². The van der Waals surface area contributed by atoms with Crippen LogP contribution in [0.4, 0.5) is 0 Å². The quantitative estimate of drug-likeness (QED) is 0.811. The van der Waals surface area contributed by atoms with Crippen LogP contribution in [0.5, 0.6) is 0 Å². The summed E-state index contributed by atoms with van der Waals surface area (Å²) in [4.78, 5) is 2.37. The molecule has 0 aliphatic carbocycles. The van der Waals surface area contributed by atoms with Gasteiger partial charge in [0.05, 0.1) is 0 Å². The predicted octanol–water partition coefficient (Wildman–Crippen LogP) is 2.80. The van der Waals surface area contributed by atoms with Crippen LogP contribution < -0.4 is 5.73 Å². The summed E-state index contributed by atoms with van der Waals surface area (Å²) in [5, 5.41) is 0.804. The van der Waals surface area contributed by atoms with Crippen molar-refractivity contribution in [1.82, 2.24) is 4.90 Å². The molecule has 17 heavy (non-hydrogen) atoms. The molecule has 0 spiro atoms. The fraction of sp³-hybridized carbons (Fsp3) is 0.571. The molecule has 0 heterocycles. The molecule has 1 aromatic rings. The minimum absolute atomic E-state index is 0.676. The molecule has 96 valence electrons. The Balaban J connectivity index is 2.27. The molecular formula is C14H23ClN2. The van der Waals surface area contributed by atoms with Gasteiger partial charge in [-0.25, -0.2) is 0 Å². The molecule has 1 aromatic carbocycles. The van der Waals surface area contributed by atoms with E-state index in [2.05, 4.69) is 31.0 Å². The molecule has 3 heteroatoms. The Morgan fingerprint density at radius 1 is 1.29 bits per heavy atom. The van der Waals surface area contributed by atoms with Gasteiger partial charge < -0.3 is 10.6 Å². The average molecular weight is 255 g/mol. The molecule has 0 fully saturated rings. The van der Waals surface area contributed by atoms with Gasteiger partial charge in [0.2, 0.25) is 0 Å². The zero-order valence-electron chi connectivity index (χ0n) is 10.8. The summed E-state index contributed by atoms with van der Waals surface area (Å²) in [5.41, 5.74) is 6.89. The molecule has 0 aromatic heterocycles. The number of hydrogen-bond donors (Lipinski definition) is 1. The first-order valence-corrected chi connectivity index (χ1v) is 6.62. The third kappa shape index (κ3) is 6.06. The summed E-state index contributed by atoms with van der Waals surface area (Å²) in [7, 11) is 2.17. The lowest BCUT2D eigenvalue weighted by Gasteiger charge is -2.20. The van der Waals surface area contributed by atoms with Gasteiger partial charge in [0.15, 0.2) is 0 Å². The maximum Gasteiger partial charge on any atom is 0.0406 e. The number of likely N-dealkylation sites (N-methyl/N-ethyl adjacent to an activating group) is 1. The molecule has 0 bridgehead atoms. The number of rotatable bonds is 7. The van der Waals surface area contributed by atoms with Gasteiger partial charge in [0, 0.05) is 18.1 Å². The highest BCUT2D eigenvalue weighted by Crippen LogP contribution is 2.10. The molecule has 0 amide bonds. The molecule has 0 aliphatic heterocycles. The molecule has 0 saturated heterocycles. The molecule has 0 saturated carbocycles. The smallest absolute Gasteiger partial charge is 0.0406 e. The van der Waals surface area contributed by atoms with Gasteiger partial charge in [-0.3, -0.25) is 0 Å². The molecule has 0 radical (unpaired) electrons. The van der Waals surface area contributed by atoms with Gasteiger partial charge >= 0.3 is 0 Å². The number of nitrogens with zero attached hydrogens (tertiary/aromatic N) is 1. The van der Waals surface area contributed by atoms with Gasteiger partial charge in [0.1, 0.15) is 0 Å². The summed E-state index contributed by atoms with van der Waals surface area (Å²) in [6.07, 6.45) is 2.17. The highest BCUT2D eigenvalue weighted by Gasteiger charge is 2.05.